The minimum absolute atomic E-state index is 0.0717. The van der Waals surface area contributed by atoms with Gasteiger partial charge in [0.2, 0.25) is 0 Å². The molecule has 3 heterocycles. The Morgan fingerprint density at radius 2 is 2.04 bits per heavy atom. The van der Waals surface area contributed by atoms with Crippen molar-refractivity contribution in [3.05, 3.63) is 46.8 Å². The van der Waals surface area contributed by atoms with Gasteiger partial charge in [-0.25, -0.2) is 0 Å². The van der Waals surface area contributed by atoms with Gasteiger partial charge < -0.3 is 9.64 Å². The summed E-state index contributed by atoms with van der Waals surface area (Å²) in [4.78, 5) is 15.0. The van der Waals surface area contributed by atoms with Gasteiger partial charge in [0.05, 0.1) is 6.20 Å². The number of fused-ring (bicyclic) bond motifs is 2. The van der Waals surface area contributed by atoms with Crippen LogP contribution in [0.15, 0.2) is 24.4 Å². The molecule has 0 fully saturated rings. The Hall–Kier alpha value is -2.30. The van der Waals surface area contributed by atoms with Gasteiger partial charge >= 0.3 is 0 Å². The predicted molar refractivity (Wildman–Crippen MR) is 91.2 cm³/mol. The van der Waals surface area contributed by atoms with Gasteiger partial charge in [-0.05, 0) is 37.6 Å². The quantitative estimate of drug-likeness (QED) is 0.876. The van der Waals surface area contributed by atoms with E-state index in [1.165, 1.54) is 0 Å². The fraction of sp³-hybridized carbons (Fsp3) is 0.474. The van der Waals surface area contributed by atoms with E-state index in [0.29, 0.717) is 13.1 Å². The van der Waals surface area contributed by atoms with Crippen LogP contribution in [-0.4, -0.2) is 33.2 Å². The number of nitrogens with zero attached hydrogens (tertiary/aromatic N) is 2. The molecular weight excluding hydrogens is 302 g/mol. The minimum Gasteiger partial charge on any atom is -0.487 e. The second-order valence-corrected chi connectivity index (χ2v) is 8.18. The number of carbonyl (C=O) groups excluding carboxylic acids is 1. The summed E-state index contributed by atoms with van der Waals surface area (Å²) in [7, 11) is 0. The number of aromatic nitrogens is 2. The van der Waals surface area contributed by atoms with Gasteiger partial charge in [0, 0.05) is 41.7 Å². The van der Waals surface area contributed by atoms with Crippen LogP contribution in [0.5, 0.6) is 5.75 Å². The Balaban J connectivity index is 1.62. The highest BCUT2D eigenvalue weighted by Crippen LogP contribution is 2.36. The Kier molecular flexibility index (Phi) is 3.08. The molecule has 1 amide bonds. The third-order valence-corrected chi connectivity index (χ3v) is 4.94. The number of carbonyl (C=O) groups is 1. The van der Waals surface area contributed by atoms with Crippen molar-refractivity contribution in [3.8, 4) is 5.75 Å². The molecule has 1 aromatic carbocycles. The van der Waals surface area contributed by atoms with Crippen LogP contribution in [0.4, 0.5) is 0 Å². The zero-order valence-electron chi connectivity index (χ0n) is 14.6. The second-order valence-electron chi connectivity index (χ2n) is 8.18. The number of hydrogen-bond acceptors (Lipinski definition) is 3. The normalized spacial score (nSPS) is 20.2. The first-order valence-corrected chi connectivity index (χ1v) is 8.39. The molecule has 0 bridgehead atoms. The standard InChI is InChI=1S/C19H23N3O2/c1-18(2)11-22(10-14-9-20-21-16(14)18)17(23)12-5-6-15-13(7-12)8-19(3,4)24-15/h5-7,9H,8,10-11H2,1-4H3,(H,20,21). The third kappa shape index (κ3) is 2.39. The fourth-order valence-corrected chi connectivity index (χ4v) is 3.90. The van der Waals surface area contributed by atoms with Crippen molar-refractivity contribution in [2.24, 2.45) is 0 Å². The molecule has 1 aromatic heterocycles. The lowest BCUT2D eigenvalue weighted by molar-refractivity contribution is 0.0684. The van der Waals surface area contributed by atoms with Gasteiger partial charge in [-0.3, -0.25) is 9.89 Å². The van der Waals surface area contributed by atoms with Crippen LogP contribution in [0.25, 0.3) is 0 Å². The fourth-order valence-electron chi connectivity index (χ4n) is 3.90. The maximum absolute atomic E-state index is 13.0. The summed E-state index contributed by atoms with van der Waals surface area (Å²) >= 11 is 0. The van der Waals surface area contributed by atoms with E-state index in [9.17, 15) is 4.79 Å². The van der Waals surface area contributed by atoms with E-state index < -0.39 is 0 Å². The summed E-state index contributed by atoms with van der Waals surface area (Å²) in [5, 5.41) is 7.24. The van der Waals surface area contributed by atoms with Gasteiger partial charge in [0.15, 0.2) is 0 Å². The van der Waals surface area contributed by atoms with Crippen molar-refractivity contribution in [3.63, 3.8) is 0 Å². The number of ether oxygens (including phenoxy) is 1. The van der Waals surface area contributed by atoms with Gasteiger partial charge in [-0.2, -0.15) is 5.10 Å². The van der Waals surface area contributed by atoms with E-state index in [-0.39, 0.29) is 16.9 Å². The van der Waals surface area contributed by atoms with E-state index >= 15 is 0 Å². The molecule has 2 aliphatic heterocycles. The number of amides is 1. The maximum Gasteiger partial charge on any atom is 0.254 e. The molecule has 0 spiro atoms. The van der Waals surface area contributed by atoms with Crippen molar-refractivity contribution < 1.29 is 9.53 Å². The first kappa shape index (κ1) is 15.2. The molecule has 0 saturated carbocycles. The molecule has 4 rings (SSSR count). The first-order chi connectivity index (χ1) is 11.3. The minimum atomic E-state index is -0.192. The highest BCUT2D eigenvalue weighted by molar-refractivity contribution is 5.95. The highest BCUT2D eigenvalue weighted by atomic mass is 16.5. The van der Waals surface area contributed by atoms with Crippen LogP contribution >= 0.6 is 0 Å². The Morgan fingerprint density at radius 3 is 2.83 bits per heavy atom. The molecule has 0 unspecified atom stereocenters. The van der Waals surface area contributed by atoms with Gasteiger partial charge in [0.25, 0.3) is 5.91 Å². The molecule has 24 heavy (non-hydrogen) atoms. The molecule has 5 nitrogen and oxygen atoms in total. The largest absolute Gasteiger partial charge is 0.487 e. The molecule has 0 aliphatic carbocycles. The van der Waals surface area contributed by atoms with Gasteiger partial charge in [0.1, 0.15) is 11.4 Å². The smallest absolute Gasteiger partial charge is 0.254 e. The molecule has 2 aromatic rings. The van der Waals surface area contributed by atoms with Crippen LogP contribution in [0, 0.1) is 0 Å². The maximum atomic E-state index is 13.0. The number of nitrogens with one attached hydrogen (secondary N) is 1. The number of rotatable bonds is 1. The van der Waals surface area contributed by atoms with Crippen molar-refractivity contribution >= 4 is 5.91 Å². The van der Waals surface area contributed by atoms with E-state index in [1.807, 2.05) is 29.3 Å². The zero-order valence-corrected chi connectivity index (χ0v) is 14.6. The molecule has 1 N–H and O–H groups in total. The van der Waals surface area contributed by atoms with Crippen molar-refractivity contribution in [2.75, 3.05) is 6.54 Å². The van der Waals surface area contributed by atoms with Crippen LogP contribution < -0.4 is 4.74 Å². The molecule has 2 aliphatic rings. The molecule has 0 atom stereocenters. The SMILES string of the molecule is CC1(C)Cc2cc(C(=O)N3Cc4cn[nH]c4C(C)(C)C3)ccc2O1. The van der Waals surface area contributed by atoms with E-state index in [1.54, 1.807) is 0 Å². The summed E-state index contributed by atoms with van der Waals surface area (Å²) in [5.41, 5.74) is 3.77. The van der Waals surface area contributed by atoms with Gasteiger partial charge in [-0.15, -0.1) is 0 Å². The molecule has 0 radical (unpaired) electrons. The van der Waals surface area contributed by atoms with Gasteiger partial charge in [-0.1, -0.05) is 13.8 Å². The topological polar surface area (TPSA) is 58.2 Å². The van der Waals surface area contributed by atoms with Crippen molar-refractivity contribution in [2.45, 2.75) is 51.7 Å². The second kappa shape index (κ2) is 4.85. The van der Waals surface area contributed by atoms with E-state index in [0.717, 1.165) is 34.6 Å². The summed E-state index contributed by atoms with van der Waals surface area (Å²) in [5.74, 6) is 0.968. The summed E-state index contributed by atoms with van der Waals surface area (Å²) in [6.45, 7) is 9.71. The molecule has 0 saturated heterocycles. The lowest BCUT2D eigenvalue weighted by Crippen LogP contribution is -2.45. The Morgan fingerprint density at radius 1 is 1.25 bits per heavy atom. The highest BCUT2D eigenvalue weighted by Gasteiger charge is 2.36. The zero-order chi connectivity index (χ0) is 17.1. The van der Waals surface area contributed by atoms with E-state index in [4.69, 9.17) is 4.74 Å². The molecule has 5 heteroatoms. The lowest BCUT2D eigenvalue weighted by Gasteiger charge is -2.37. The van der Waals surface area contributed by atoms with Crippen LogP contribution in [0.2, 0.25) is 0 Å². The van der Waals surface area contributed by atoms with Crippen LogP contribution in [0.1, 0.15) is 54.9 Å². The summed E-state index contributed by atoms with van der Waals surface area (Å²) in [6.07, 6.45) is 2.66. The number of benzene rings is 1. The number of hydrogen-bond donors (Lipinski definition) is 1. The first-order valence-electron chi connectivity index (χ1n) is 8.39. The van der Waals surface area contributed by atoms with Crippen LogP contribution in [-0.2, 0) is 18.4 Å². The summed E-state index contributed by atoms with van der Waals surface area (Å²) in [6, 6.07) is 5.79. The van der Waals surface area contributed by atoms with E-state index in [2.05, 4.69) is 37.9 Å². The van der Waals surface area contributed by atoms with Crippen molar-refractivity contribution in [1.29, 1.82) is 0 Å². The lowest BCUT2D eigenvalue weighted by atomic mass is 9.83. The Labute approximate surface area is 142 Å². The summed E-state index contributed by atoms with van der Waals surface area (Å²) < 4.78 is 5.91. The number of H-pyrrole nitrogens is 1. The average Bonchev–Trinajstić information content (AvgIpc) is 3.07. The number of aromatic amines is 1. The molecule has 126 valence electrons. The average molecular weight is 325 g/mol. The third-order valence-electron chi connectivity index (χ3n) is 4.94. The van der Waals surface area contributed by atoms with Crippen LogP contribution in [0.3, 0.4) is 0 Å². The molecular formula is C19H23N3O2. The monoisotopic (exact) mass is 325 g/mol. The Bertz CT molecular complexity index is 820. The predicted octanol–water partition coefficient (Wildman–Crippen LogP) is 3.06. The van der Waals surface area contributed by atoms with Crippen molar-refractivity contribution in [1.82, 2.24) is 15.1 Å².